The minimum Gasteiger partial charge on any atom is -0.339 e. The predicted octanol–water partition coefficient (Wildman–Crippen LogP) is 2.83. The molecule has 1 saturated heterocycles. The molecule has 0 atom stereocenters. The predicted molar refractivity (Wildman–Crippen MR) is 79.6 cm³/mol. The van der Waals surface area contributed by atoms with Gasteiger partial charge in [-0.3, -0.25) is 9.59 Å². The number of rotatable bonds is 3. The summed E-state index contributed by atoms with van der Waals surface area (Å²) in [6.45, 7) is 5.44. The summed E-state index contributed by atoms with van der Waals surface area (Å²) < 4.78 is 0. The van der Waals surface area contributed by atoms with Crippen LogP contribution in [0.1, 0.15) is 37.0 Å². The molecular weight excluding hydrogens is 252 g/mol. The highest BCUT2D eigenvalue weighted by Gasteiger charge is 2.19. The number of benzene rings is 1. The molecule has 0 radical (unpaired) electrons. The van der Waals surface area contributed by atoms with Crippen LogP contribution in [0.2, 0.25) is 0 Å². The third-order valence-corrected chi connectivity index (χ3v) is 3.21. The Kier molecular flexibility index (Phi) is 4.56. The Morgan fingerprint density at radius 2 is 1.70 bits per heavy atom. The van der Waals surface area contributed by atoms with Gasteiger partial charge in [0.2, 0.25) is 5.91 Å². The van der Waals surface area contributed by atoms with E-state index in [1.807, 2.05) is 18.7 Å². The lowest BCUT2D eigenvalue weighted by molar-refractivity contribution is -0.111. The lowest BCUT2D eigenvalue weighted by Gasteiger charge is -2.15. The lowest BCUT2D eigenvalue weighted by atomic mass is 10.2. The molecule has 4 nitrogen and oxygen atoms in total. The van der Waals surface area contributed by atoms with E-state index < -0.39 is 0 Å². The fraction of sp³-hybridized carbons (Fsp3) is 0.375. The van der Waals surface area contributed by atoms with Gasteiger partial charge in [-0.15, -0.1) is 0 Å². The van der Waals surface area contributed by atoms with Crippen LogP contribution in [0.4, 0.5) is 5.69 Å². The van der Waals surface area contributed by atoms with E-state index in [0.29, 0.717) is 11.3 Å². The Bertz CT molecular complexity index is 522. The van der Waals surface area contributed by atoms with E-state index in [4.69, 9.17) is 0 Å². The van der Waals surface area contributed by atoms with E-state index in [2.05, 4.69) is 5.32 Å². The van der Waals surface area contributed by atoms with Gasteiger partial charge in [0.1, 0.15) is 0 Å². The molecule has 1 aromatic carbocycles. The first-order valence-corrected chi connectivity index (χ1v) is 6.91. The summed E-state index contributed by atoms with van der Waals surface area (Å²) in [6, 6.07) is 7.05. The van der Waals surface area contributed by atoms with Gasteiger partial charge in [0.05, 0.1) is 0 Å². The van der Waals surface area contributed by atoms with Crippen LogP contribution in [0.5, 0.6) is 0 Å². The van der Waals surface area contributed by atoms with Crippen LogP contribution in [0.3, 0.4) is 0 Å². The number of anilines is 1. The summed E-state index contributed by atoms with van der Waals surface area (Å²) >= 11 is 0. The molecule has 20 heavy (non-hydrogen) atoms. The van der Waals surface area contributed by atoms with Crippen LogP contribution in [0, 0.1) is 0 Å². The maximum absolute atomic E-state index is 12.2. The van der Waals surface area contributed by atoms with Crippen molar-refractivity contribution in [3.05, 3.63) is 41.5 Å². The molecule has 1 aromatic rings. The van der Waals surface area contributed by atoms with Gasteiger partial charge < -0.3 is 10.2 Å². The zero-order chi connectivity index (χ0) is 14.5. The molecule has 0 unspecified atom stereocenters. The summed E-state index contributed by atoms with van der Waals surface area (Å²) in [5, 5.41) is 2.77. The third kappa shape index (κ3) is 3.70. The fourth-order valence-electron chi connectivity index (χ4n) is 2.24. The summed E-state index contributed by atoms with van der Waals surface area (Å²) in [4.78, 5) is 25.6. The van der Waals surface area contributed by atoms with E-state index in [9.17, 15) is 9.59 Å². The maximum atomic E-state index is 12.2. The second-order valence-corrected chi connectivity index (χ2v) is 5.29. The molecule has 1 N–H and O–H groups in total. The highest BCUT2D eigenvalue weighted by molar-refractivity contribution is 6.00. The minimum atomic E-state index is -0.149. The molecular formula is C16H20N2O2. The molecule has 0 saturated carbocycles. The Morgan fingerprint density at radius 3 is 2.25 bits per heavy atom. The number of amides is 2. The van der Waals surface area contributed by atoms with Crippen LogP contribution in [-0.2, 0) is 4.79 Å². The van der Waals surface area contributed by atoms with Gasteiger partial charge in [-0.2, -0.15) is 0 Å². The molecule has 0 aromatic heterocycles. The van der Waals surface area contributed by atoms with E-state index in [1.54, 1.807) is 30.3 Å². The second-order valence-electron chi connectivity index (χ2n) is 5.29. The molecule has 0 bridgehead atoms. The van der Waals surface area contributed by atoms with E-state index in [-0.39, 0.29) is 11.8 Å². The molecule has 1 aliphatic heterocycles. The van der Waals surface area contributed by atoms with Crippen molar-refractivity contribution in [1.82, 2.24) is 4.90 Å². The number of hydrogen-bond acceptors (Lipinski definition) is 2. The first kappa shape index (κ1) is 14.3. The Hall–Kier alpha value is -2.10. The number of allylic oxidation sites excluding steroid dienone is 1. The monoisotopic (exact) mass is 272 g/mol. The van der Waals surface area contributed by atoms with Gasteiger partial charge in [-0.05, 0) is 51.0 Å². The van der Waals surface area contributed by atoms with Gasteiger partial charge in [-0.1, -0.05) is 5.57 Å². The maximum Gasteiger partial charge on any atom is 0.253 e. The van der Waals surface area contributed by atoms with Gasteiger partial charge >= 0.3 is 0 Å². The van der Waals surface area contributed by atoms with Gasteiger partial charge in [-0.25, -0.2) is 0 Å². The molecule has 0 aliphatic carbocycles. The van der Waals surface area contributed by atoms with Crippen molar-refractivity contribution in [2.75, 3.05) is 18.4 Å². The lowest BCUT2D eigenvalue weighted by Crippen LogP contribution is -2.27. The zero-order valence-electron chi connectivity index (χ0n) is 12.0. The standard InChI is InChI=1S/C16H20N2O2/c1-12(2)11-15(19)17-14-7-5-13(6-8-14)16(20)18-9-3-4-10-18/h5-8,11H,3-4,9-10H2,1-2H3,(H,17,19). The van der Waals surface area contributed by atoms with Crippen molar-refractivity contribution in [1.29, 1.82) is 0 Å². The molecule has 106 valence electrons. The zero-order valence-corrected chi connectivity index (χ0v) is 12.0. The smallest absolute Gasteiger partial charge is 0.253 e. The highest BCUT2D eigenvalue weighted by atomic mass is 16.2. The number of nitrogens with one attached hydrogen (secondary N) is 1. The topological polar surface area (TPSA) is 49.4 Å². The Balaban J connectivity index is 2.01. The summed E-state index contributed by atoms with van der Waals surface area (Å²) in [7, 11) is 0. The number of hydrogen-bond donors (Lipinski definition) is 1. The van der Waals surface area contributed by atoms with Gasteiger partial charge in [0.15, 0.2) is 0 Å². The fourth-order valence-corrected chi connectivity index (χ4v) is 2.24. The van der Waals surface area contributed by atoms with Crippen LogP contribution < -0.4 is 5.32 Å². The largest absolute Gasteiger partial charge is 0.339 e. The SMILES string of the molecule is CC(C)=CC(=O)Nc1ccc(C(=O)N2CCCC2)cc1. The number of carbonyl (C=O) groups is 2. The average molecular weight is 272 g/mol. The molecule has 2 amide bonds. The van der Waals surface area contributed by atoms with Crippen LogP contribution in [-0.4, -0.2) is 29.8 Å². The van der Waals surface area contributed by atoms with Crippen LogP contribution in [0.25, 0.3) is 0 Å². The van der Waals surface area contributed by atoms with E-state index >= 15 is 0 Å². The number of carbonyl (C=O) groups excluding carboxylic acids is 2. The second kappa shape index (κ2) is 6.37. The van der Waals surface area contributed by atoms with Crippen LogP contribution >= 0.6 is 0 Å². The van der Waals surface area contributed by atoms with Crippen molar-refractivity contribution in [2.45, 2.75) is 26.7 Å². The summed E-state index contributed by atoms with van der Waals surface area (Å²) in [5.41, 5.74) is 2.32. The van der Waals surface area contributed by atoms with Crippen molar-refractivity contribution in [3.63, 3.8) is 0 Å². The van der Waals surface area contributed by atoms with E-state index in [1.165, 1.54) is 0 Å². The molecule has 1 fully saturated rings. The van der Waals surface area contributed by atoms with Crippen LogP contribution in [0.15, 0.2) is 35.9 Å². The Labute approximate surface area is 119 Å². The number of nitrogens with zero attached hydrogens (tertiary/aromatic N) is 1. The molecule has 0 spiro atoms. The average Bonchev–Trinajstić information content (AvgIpc) is 2.91. The van der Waals surface area contributed by atoms with E-state index in [0.717, 1.165) is 31.5 Å². The molecule has 1 aliphatic rings. The number of likely N-dealkylation sites (tertiary alicyclic amines) is 1. The first-order valence-electron chi connectivity index (χ1n) is 6.91. The normalized spacial score (nSPS) is 14.0. The van der Waals surface area contributed by atoms with Crippen molar-refractivity contribution in [3.8, 4) is 0 Å². The van der Waals surface area contributed by atoms with Crippen molar-refractivity contribution in [2.24, 2.45) is 0 Å². The molecule has 4 heteroatoms. The van der Waals surface area contributed by atoms with Gasteiger partial charge in [0.25, 0.3) is 5.91 Å². The molecule has 2 rings (SSSR count). The quantitative estimate of drug-likeness (QED) is 0.860. The molecule has 1 heterocycles. The summed E-state index contributed by atoms with van der Waals surface area (Å²) in [6.07, 6.45) is 3.72. The highest BCUT2D eigenvalue weighted by Crippen LogP contribution is 2.15. The first-order chi connectivity index (χ1) is 9.56. The summed E-state index contributed by atoms with van der Waals surface area (Å²) in [5.74, 6) is -0.0757. The third-order valence-electron chi connectivity index (χ3n) is 3.21. The van der Waals surface area contributed by atoms with Crippen molar-refractivity contribution < 1.29 is 9.59 Å². The minimum absolute atomic E-state index is 0.0738. The van der Waals surface area contributed by atoms with Crippen molar-refractivity contribution >= 4 is 17.5 Å². The van der Waals surface area contributed by atoms with Gasteiger partial charge in [0, 0.05) is 30.4 Å². The Morgan fingerprint density at radius 1 is 1.10 bits per heavy atom.